The fourth-order valence-corrected chi connectivity index (χ4v) is 1.46. The average molecular weight is 286 g/mol. The van der Waals surface area contributed by atoms with E-state index < -0.39 is 4.92 Å². The van der Waals surface area contributed by atoms with Gasteiger partial charge in [-0.15, -0.1) is 0 Å². The summed E-state index contributed by atoms with van der Waals surface area (Å²) in [6.45, 7) is 2.56. The van der Waals surface area contributed by atoms with Gasteiger partial charge >= 0.3 is 5.69 Å². The van der Waals surface area contributed by atoms with Crippen LogP contribution in [0.4, 0.5) is 11.5 Å². The number of rotatable bonds is 5. The Morgan fingerprint density at radius 3 is 3.06 bits per heavy atom. The number of aromatic nitrogens is 1. The lowest BCUT2D eigenvalue weighted by molar-refractivity contribution is -0.384. The molecule has 6 heteroatoms. The molecule has 0 aliphatic heterocycles. The zero-order valence-electron chi connectivity index (χ0n) is 8.81. The first-order valence-corrected chi connectivity index (χ1v) is 5.59. The number of nitro groups is 1. The van der Waals surface area contributed by atoms with E-state index in [-0.39, 0.29) is 5.69 Å². The minimum absolute atomic E-state index is 0.0187. The van der Waals surface area contributed by atoms with E-state index in [0.717, 1.165) is 6.42 Å². The van der Waals surface area contributed by atoms with Crippen LogP contribution in [0.3, 0.4) is 0 Å². The van der Waals surface area contributed by atoms with E-state index in [4.69, 9.17) is 0 Å². The summed E-state index contributed by atoms with van der Waals surface area (Å²) in [5.41, 5.74) is -0.0187. The van der Waals surface area contributed by atoms with Crippen molar-refractivity contribution in [3.63, 3.8) is 0 Å². The van der Waals surface area contributed by atoms with Gasteiger partial charge in [-0.1, -0.05) is 12.2 Å². The number of pyridine rings is 1. The van der Waals surface area contributed by atoms with Crippen LogP contribution in [0.5, 0.6) is 0 Å². The van der Waals surface area contributed by atoms with Gasteiger partial charge in [-0.25, -0.2) is 4.98 Å². The quantitative estimate of drug-likeness (QED) is 0.391. The maximum Gasteiger partial charge on any atom is 0.312 e. The minimum atomic E-state index is -0.449. The summed E-state index contributed by atoms with van der Waals surface area (Å²) in [6.07, 6.45) is 6.26. The van der Waals surface area contributed by atoms with Gasteiger partial charge in [0.1, 0.15) is 0 Å². The van der Waals surface area contributed by atoms with Crippen molar-refractivity contribution in [2.24, 2.45) is 0 Å². The molecular formula is C10H12BrN3O2. The third-order valence-electron chi connectivity index (χ3n) is 1.87. The lowest BCUT2D eigenvalue weighted by Crippen LogP contribution is -2.05. The number of allylic oxidation sites excluding steroid dienone is 1. The first-order valence-electron chi connectivity index (χ1n) is 4.80. The fourth-order valence-electron chi connectivity index (χ4n) is 1.14. The van der Waals surface area contributed by atoms with Crippen LogP contribution in [-0.4, -0.2) is 16.5 Å². The lowest BCUT2D eigenvalue weighted by atomic mass is 10.3. The molecule has 1 rings (SSSR count). The van der Waals surface area contributed by atoms with Crippen LogP contribution in [-0.2, 0) is 0 Å². The van der Waals surface area contributed by atoms with Crippen molar-refractivity contribution >= 4 is 27.4 Å². The standard InChI is InChI=1S/C10H12BrN3O2/c1-2-3-4-5-12-10-9(14(15)16)6-8(11)7-13-10/h2-3,6-7H,4-5H2,1H3,(H,12,13)/b3-2+. The molecule has 0 amide bonds. The number of hydrogen-bond acceptors (Lipinski definition) is 4. The lowest BCUT2D eigenvalue weighted by Gasteiger charge is -2.04. The molecule has 0 saturated heterocycles. The highest BCUT2D eigenvalue weighted by Gasteiger charge is 2.14. The molecule has 0 saturated carbocycles. The Hall–Kier alpha value is -1.43. The summed E-state index contributed by atoms with van der Waals surface area (Å²) in [5, 5.41) is 13.7. The maximum atomic E-state index is 10.8. The van der Waals surface area contributed by atoms with Crippen LogP contribution in [0.1, 0.15) is 13.3 Å². The minimum Gasteiger partial charge on any atom is -0.364 e. The third-order valence-corrected chi connectivity index (χ3v) is 2.30. The molecule has 16 heavy (non-hydrogen) atoms. The van der Waals surface area contributed by atoms with Crippen LogP contribution in [0.2, 0.25) is 0 Å². The van der Waals surface area contributed by atoms with E-state index in [9.17, 15) is 10.1 Å². The molecule has 0 bridgehead atoms. The molecule has 0 radical (unpaired) electrons. The number of anilines is 1. The molecule has 0 fully saturated rings. The monoisotopic (exact) mass is 285 g/mol. The summed E-state index contributed by atoms with van der Waals surface area (Å²) < 4.78 is 0.596. The van der Waals surface area contributed by atoms with Crippen LogP contribution >= 0.6 is 15.9 Å². The highest BCUT2D eigenvalue weighted by molar-refractivity contribution is 9.10. The van der Waals surface area contributed by atoms with E-state index in [2.05, 4.69) is 26.2 Å². The molecule has 5 nitrogen and oxygen atoms in total. The molecular weight excluding hydrogens is 274 g/mol. The van der Waals surface area contributed by atoms with Crippen molar-refractivity contribution in [3.05, 3.63) is 39.0 Å². The molecule has 1 aromatic rings. The SMILES string of the molecule is C/C=C/CCNc1ncc(Br)cc1[N+](=O)[O-]. The van der Waals surface area contributed by atoms with Crippen LogP contribution in [0.15, 0.2) is 28.9 Å². The summed E-state index contributed by atoms with van der Waals surface area (Å²) in [5.74, 6) is 0.303. The van der Waals surface area contributed by atoms with Crippen LogP contribution in [0.25, 0.3) is 0 Å². The fraction of sp³-hybridized carbons (Fsp3) is 0.300. The average Bonchev–Trinajstić information content (AvgIpc) is 2.26. The smallest absolute Gasteiger partial charge is 0.312 e. The Balaban J connectivity index is 2.75. The predicted molar refractivity (Wildman–Crippen MR) is 66.5 cm³/mol. The van der Waals surface area contributed by atoms with E-state index in [1.54, 1.807) is 0 Å². The summed E-state index contributed by atoms with van der Waals surface area (Å²) in [4.78, 5) is 14.3. The predicted octanol–water partition coefficient (Wildman–Crippen LogP) is 3.13. The molecule has 0 atom stereocenters. The molecule has 0 aliphatic carbocycles. The summed E-state index contributed by atoms with van der Waals surface area (Å²) >= 11 is 3.15. The molecule has 0 aromatic carbocycles. The number of halogens is 1. The summed E-state index contributed by atoms with van der Waals surface area (Å²) in [7, 11) is 0. The van der Waals surface area contributed by atoms with Gasteiger partial charge in [-0.2, -0.15) is 0 Å². The van der Waals surface area contributed by atoms with Crippen molar-refractivity contribution in [1.29, 1.82) is 0 Å². The van der Waals surface area contributed by atoms with Gasteiger partial charge in [-0.05, 0) is 29.3 Å². The first-order chi connectivity index (χ1) is 7.65. The second kappa shape index (κ2) is 6.22. The Morgan fingerprint density at radius 2 is 2.44 bits per heavy atom. The molecule has 0 unspecified atom stereocenters. The van der Waals surface area contributed by atoms with Gasteiger partial charge in [0.2, 0.25) is 5.82 Å². The molecule has 1 heterocycles. The molecule has 0 spiro atoms. The van der Waals surface area contributed by atoms with Crippen molar-refractivity contribution in [2.75, 3.05) is 11.9 Å². The van der Waals surface area contributed by atoms with Crippen molar-refractivity contribution < 1.29 is 4.92 Å². The molecule has 0 aliphatic rings. The first kappa shape index (κ1) is 12.6. The van der Waals surface area contributed by atoms with E-state index in [1.807, 2.05) is 19.1 Å². The summed E-state index contributed by atoms with van der Waals surface area (Å²) in [6, 6.07) is 1.44. The van der Waals surface area contributed by atoms with Crippen molar-refractivity contribution in [1.82, 2.24) is 4.98 Å². The second-order valence-corrected chi connectivity index (χ2v) is 3.98. The van der Waals surface area contributed by atoms with Crippen molar-refractivity contribution in [2.45, 2.75) is 13.3 Å². The zero-order valence-corrected chi connectivity index (χ0v) is 10.4. The largest absolute Gasteiger partial charge is 0.364 e. The zero-order chi connectivity index (χ0) is 12.0. The normalized spacial score (nSPS) is 10.6. The van der Waals surface area contributed by atoms with Gasteiger partial charge in [0.25, 0.3) is 0 Å². The van der Waals surface area contributed by atoms with Crippen LogP contribution < -0.4 is 5.32 Å². The third kappa shape index (κ3) is 3.62. The maximum absolute atomic E-state index is 10.8. The molecule has 1 N–H and O–H groups in total. The molecule has 1 aromatic heterocycles. The van der Waals surface area contributed by atoms with E-state index >= 15 is 0 Å². The highest BCUT2D eigenvalue weighted by Crippen LogP contribution is 2.24. The number of nitrogens with one attached hydrogen (secondary N) is 1. The van der Waals surface area contributed by atoms with Crippen LogP contribution in [0, 0.1) is 10.1 Å². The van der Waals surface area contributed by atoms with Gasteiger partial charge in [0, 0.05) is 23.3 Å². The Labute approximate surface area is 102 Å². The van der Waals surface area contributed by atoms with E-state index in [0.29, 0.717) is 16.8 Å². The van der Waals surface area contributed by atoms with E-state index in [1.165, 1.54) is 12.3 Å². The van der Waals surface area contributed by atoms with Gasteiger partial charge < -0.3 is 5.32 Å². The highest BCUT2D eigenvalue weighted by atomic mass is 79.9. The number of nitrogens with zero attached hydrogens (tertiary/aromatic N) is 2. The Morgan fingerprint density at radius 1 is 1.69 bits per heavy atom. The topological polar surface area (TPSA) is 68.1 Å². The van der Waals surface area contributed by atoms with Gasteiger partial charge in [-0.3, -0.25) is 10.1 Å². The number of hydrogen-bond donors (Lipinski definition) is 1. The van der Waals surface area contributed by atoms with Crippen molar-refractivity contribution in [3.8, 4) is 0 Å². The molecule has 86 valence electrons. The second-order valence-electron chi connectivity index (χ2n) is 3.06. The Bertz CT molecular complexity index is 407. The van der Waals surface area contributed by atoms with Gasteiger partial charge in [0.15, 0.2) is 0 Å². The Kier molecular flexibility index (Phi) is 4.91. The van der Waals surface area contributed by atoms with Gasteiger partial charge in [0.05, 0.1) is 4.92 Å².